The maximum Gasteiger partial charge on any atom is 0.320 e. The number of azide groups is 1. The summed E-state index contributed by atoms with van der Waals surface area (Å²) in [5, 5.41) is 12.3. The van der Waals surface area contributed by atoms with E-state index in [2.05, 4.69) is 28.3 Å². The number of carboxylic acids is 1. The number of unbranched alkanes of at least 4 members (excludes halogenated alkanes) is 1. The van der Waals surface area contributed by atoms with Crippen LogP contribution in [0.3, 0.4) is 0 Å². The molecule has 0 heterocycles. The van der Waals surface area contributed by atoms with Crippen molar-refractivity contribution in [2.24, 2.45) is 10.8 Å². The lowest BCUT2D eigenvalue weighted by atomic mass is 10.1. The zero-order valence-corrected chi connectivity index (χ0v) is 15.2. The van der Waals surface area contributed by atoms with Crippen molar-refractivity contribution in [2.75, 3.05) is 19.6 Å². The third kappa shape index (κ3) is 9.25. The van der Waals surface area contributed by atoms with Crippen LogP contribution in [0.2, 0.25) is 0 Å². The largest absolute Gasteiger partial charge is 0.480 e. The second-order valence-corrected chi connectivity index (χ2v) is 6.40. The average Bonchev–Trinajstić information content (AvgIpc) is 3.13. The molecular formula is C18H29N5O3. The molecule has 1 aliphatic rings. The Morgan fingerprint density at radius 2 is 2.08 bits per heavy atom. The number of allylic oxidation sites excluding steroid dienone is 4. The fraction of sp³-hybridized carbons (Fsp3) is 0.667. The van der Waals surface area contributed by atoms with Gasteiger partial charge < -0.3 is 15.7 Å². The number of hydrogen-bond donors (Lipinski definition) is 2. The van der Waals surface area contributed by atoms with Crippen molar-refractivity contribution in [2.45, 2.75) is 57.4 Å². The van der Waals surface area contributed by atoms with E-state index in [4.69, 9.17) is 16.4 Å². The second kappa shape index (κ2) is 13.0. The van der Waals surface area contributed by atoms with Gasteiger partial charge in [0.25, 0.3) is 0 Å². The number of nitrogens with two attached hydrogens (primary N) is 1. The van der Waals surface area contributed by atoms with Crippen LogP contribution in [0, 0.1) is 0 Å². The predicted octanol–water partition coefficient (Wildman–Crippen LogP) is 3.15. The zero-order chi connectivity index (χ0) is 19.2. The summed E-state index contributed by atoms with van der Waals surface area (Å²) < 4.78 is 0. The van der Waals surface area contributed by atoms with Crippen molar-refractivity contribution in [1.29, 1.82) is 0 Å². The average molecular weight is 363 g/mol. The number of carbonyl (C=O) groups is 2. The van der Waals surface area contributed by atoms with Gasteiger partial charge in [-0.2, -0.15) is 0 Å². The molecule has 0 spiro atoms. The number of hydrogen-bond acceptors (Lipinski definition) is 4. The molecule has 0 aromatic heterocycles. The number of carbonyl (C=O) groups excluding carboxylic acids is 1. The molecule has 0 saturated heterocycles. The minimum absolute atomic E-state index is 0.0524. The Balaban J connectivity index is 2.39. The molecule has 0 radical (unpaired) electrons. The van der Waals surface area contributed by atoms with Gasteiger partial charge in [-0.1, -0.05) is 28.9 Å². The van der Waals surface area contributed by atoms with Gasteiger partial charge in [-0.05, 0) is 50.5 Å². The van der Waals surface area contributed by atoms with Crippen LogP contribution in [0.25, 0.3) is 10.4 Å². The summed E-state index contributed by atoms with van der Waals surface area (Å²) in [6, 6.07) is -0.843. The molecule has 3 N–H and O–H groups in total. The van der Waals surface area contributed by atoms with Crippen LogP contribution >= 0.6 is 0 Å². The molecule has 1 aliphatic carbocycles. The van der Waals surface area contributed by atoms with Crippen LogP contribution in [0.1, 0.15) is 51.4 Å². The Kier molecular flexibility index (Phi) is 10.8. The molecule has 0 unspecified atom stereocenters. The molecule has 1 rings (SSSR count). The van der Waals surface area contributed by atoms with E-state index < -0.39 is 12.0 Å². The topological polar surface area (TPSA) is 132 Å². The molecule has 0 bridgehead atoms. The third-order valence-corrected chi connectivity index (χ3v) is 4.32. The lowest BCUT2D eigenvalue weighted by molar-refractivity contribution is -0.138. The summed E-state index contributed by atoms with van der Waals surface area (Å²) in [5.74, 6) is -0.939. The van der Waals surface area contributed by atoms with E-state index in [-0.39, 0.29) is 5.91 Å². The van der Waals surface area contributed by atoms with Crippen LogP contribution in [-0.4, -0.2) is 47.6 Å². The molecule has 0 saturated carbocycles. The van der Waals surface area contributed by atoms with Crippen LogP contribution in [0.5, 0.6) is 0 Å². The van der Waals surface area contributed by atoms with Crippen molar-refractivity contribution >= 4 is 11.9 Å². The SMILES string of the molecule is [N-]=[N+]=NCCCC(=O)N(CCCC[C@H](N)C(=O)O)CCCC1=CCC=C1. The molecule has 1 atom stereocenters. The third-order valence-electron chi connectivity index (χ3n) is 4.32. The Morgan fingerprint density at radius 1 is 1.31 bits per heavy atom. The molecule has 144 valence electrons. The van der Waals surface area contributed by atoms with E-state index in [1.807, 2.05) is 4.90 Å². The van der Waals surface area contributed by atoms with Gasteiger partial charge in [-0.3, -0.25) is 9.59 Å². The van der Waals surface area contributed by atoms with Crippen LogP contribution < -0.4 is 5.73 Å². The normalized spacial score (nSPS) is 13.8. The van der Waals surface area contributed by atoms with Gasteiger partial charge in [0.1, 0.15) is 6.04 Å². The lowest BCUT2D eigenvalue weighted by Gasteiger charge is -2.23. The summed E-state index contributed by atoms with van der Waals surface area (Å²) in [4.78, 5) is 27.7. The minimum Gasteiger partial charge on any atom is -0.480 e. The summed E-state index contributed by atoms with van der Waals surface area (Å²) >= 11 is 0. The quantitative estimate of drug-likeness (QED) is 0.212. The fourth-order valence-corrected chi connectivity index (χ4v) is 2.82. The van der Waals surface area contributed by atoms with Gasteiger partial charge in [-0.15, -0.1) is 0 Å². The van der Waals surface area contributed by atoms with Gasteiger partial charge in [0.2, 0.25) is 5.91 Å². The molecule has 26 heavy (non-hydrogen) atoms. The predicted molar refractivity (Wildman–Crippen MR) is 100 cm³/mol. The molecule has 1 amide bonds. The Labute approximate surface area is 154 Å². The molecule has 0 aromatic carbocycles. The highest BCUT2D eigenvalue weighted by Crippen LogP contribution is 2.15. The van der Waals surface area contributed by atoms with Gasteiger partial charge in [-0.25, -0.2) is 0 Å². The lowest BCUT2D eigenvalue weighted by Crippen LogP contribution is -2.34. The van der Waals surface area contributed by atoms with Crippen LogP contribution in [0.15, 0.2) is 28.9 Å². The first-order valence-corrected chi connectivity index (χ1v) is 9.17. The van der Waals surface area contributed by atoms with Gasteiger partial charge in [0, 0.05) is 31.0 Å². The van der Waals surface area contributed by atoms with Crippen molar-refractivity contribution in [1.82, 2.24) is 4.90 Å². The fourth-order valence-electron chi connectivity index (χ4n) is 2.82. The van der Waals surface area contributed by atoms with Gasteiger partial charge in [0.05, 0.1) is 0 Å². The summed E-state index contributed by atoms with van der Waals surface area (Å²) in [7, 11) is 0. The first-order valence-electron chi connectivity index (χ1n) is 9.17. The number of carboxylic acid groups (broad SMARTS) is 1. The van der Waals surface area contributed by atoms with E-state index in [9.17, 15) is 9.59 Å². The number of aliphatic carboxylic acids is 1. The molecule has 0 aliphatic heterocycles. The summed E-state index contributed by atoms with van der Waals surface area (Å²) in [6.45, 7) is 1.60. The van der Waals surface area contributed by atoms with E-state index >= 15 is 0 Å². The highest BCUT2D eigenvalue weighted by molar-refractivity contribution is 5.76. The van der Waals surface area contributed by atoms with Crippen LogP contribution in [0.4, 0.5) is 0 Å². The van der Waals surface area contributed by atoms with Crippen molar-refractivity contribution in [3.8, 4) is 0 Å². The minimum atomic E-state index is -0.992. The maximum absolute atomic E-state index is 12.4. The molecule has 8 nitrogen and oxygen atoms in total. The van der Waals surface area contributed by atoms with E-state index in [0.29, 0.717) is 45.3 Å². The monoisotopic (exact) mass is 363 g/mol. The Morgan fingerprint density at radius 3 is 2.73 bits per heavy atom. The standard InChI is InChI=1S/C18H29N5O3/c19-16(18(25)26)10-3-4-13-23(17(24)11-5-12-21-22-20)14-6-9-15-7-1-2-8-15/h1,7-8,16H,2-6,9-14,19H2,(H,25,26)/t16-/m0/s1. The van der Waals surface area contributed by atoms with Gasteiger partial charge >= 0.3 is 5.97 Å². The van der Waals surface area contributed by atoms with E-state index in [1.165, 1.54) is 5.57 Å². The van der Waals surface area contributed by atoms with E-state index in [1.54, 1.807) is 0 Å². The van der Waals surface area contributed by atoms with Crippen molar-refractivity contribution < 1.29 is 14.7 Å². The molecule has 0 fully saturated rings. The number of rotatable bonds is 14. The summed E-state index contributed by atoms with van der Waals surface area (Å²) in [5.41, 5.74) is 15.1. The smallest absolute Gasteiger partial charge is 0.320 e. The molecular weight excluding hydrogens is 334 g/mol. The summed E-state index contributed by atoms with van der Waals surface area (Å²) in [6.07, 6.45) is 12.0. The first kappa shape index (κ1) is 21.7. The number of nitrogens with zero attached hydrogens (tertiary/aromatic N) is 4. The number of amides is 1. The Hall–Kier alpha value is -2.31. The highest BCUT2D eigenvalue weighted by Gasteiger charge is 2.14. The van der Waals surface area contributed by atoms with Crippen molar-refractivity contribution in [3.63, 3.8) is 0 Å². The van der Waals surface area contributed by atoms with E-state index in [0.717, 1.165) is 25.7 Å². The molecule has 0 aromatic rings. The Bertz CT molecular complexity index is 567. The first-order chi connectivity index (χ1) is 12.5. The maximum atomic E-state index is 12.4. The van der Waals surface area contributed by atoms with Crippen molar-refractivity contribution in [3.05, 3.63) is 34.2 Å². The highest BCUT2D eigenvalue weighted by atomic mass is 16.4. The van der Waals surface area contributed by atoms with Crippen LogP contribution in [-0.2, 0) is 9.59 Å². The second-order valence-electron chi connectivity index (χ2n) is 6.40. The molecule has 8 heteroatoms. The zero-order valence-electron chi connectivity index (χ0n) is 15.2. The van der Waals surface area contributed by atoms with Gasteiger partial charge in [0.15, 0.2) is 0 Å².